The van der Waals surface area contributed by atoms with Crippen LogP contribution in [0.5, 0.6) is 0 Å². The van der Waals surface area contributed by atoms with Gasteiger partial charge in [-0.1, -0.05) is 0 Å². The quantitative estimate of drug-likeness (QED) is 0.725. The Morgan fingerprint density at radius 1 is 1.50 bits per heavy atom. The van der Waals surface area contributed by atoms with E-state index in [1.54, 1.807) is 7.11 Å². The molecule has 0 spiro atoms. The van der Waals surface area contributed by atoms with Crippen molar-refractivity contribution < 1.29 is 9.53 Å². The first-order chi connectivity index (χ1) is 7.85. The molecule has 86 valence electrons. The second kappa shape index (κ2) is 3.70. The molecule has 1 heterocycles. The van der Waals surface area contributed by atoms with E-state index < -0.39 is 0 Å². The first-order valence-corrected chi connectivity index (χ1v) is 5.90. The van der Waals surface area contributed by atoms with Gasteiger partial charge in [-0.25, -0.2) is 0 Å². The fourth-order valence-corrected chi connectivity index (χ4v) is 3.28. The molecule has 1 fully saturated rings. The smallest absolute Gasteiger partial charge is 0.170 e. The van der Waals surface area contributed by atoms with Gasteiger partial charge in [-0.15, -0.1) is 0 Å². The van der Waals surface area contributed by atoms with Gasteiger partial charge in [0.1, 0.15) is 5.69 Å². The van der Waals surface area contributed by atoms with E-state index in [0.29, 0.717) is 24.1 Å². The van der Waals surface area contributed by atoms with Crippen LogP contribution < -0.4 is 0 Å². The highest BCUT2D eigenvalue weighted by atomic mass is 16.5. The van der Waals surface area contributed by atoms with Crippen LogP contribution in [0, 0.1) is 0 Å². The number of carbonyl (C=O) groups excluding carboxylic acids is 1. The second-order valence-electron chi connectivity index (χ2n) is 4.72. The van der Waals surface area contributed by atoms with Crippen molar-refractivity contribution in [2.45, 2.75) is 37.6 Å². The molecule has 0 aliphatic heterocycles. The molecule has 0 aromatic carbocycles. The van der Waals surface area contributed by atoms with Crippen LogP contribution in [0.4, 0.5) is 0 Å². The number of aldehydes is 1. The molecule has 16 heavy (non-hydrogen) atoms. The van der Waals surface area contributed by atoms with Gasteiger partial charge in [0.2, 0.25) is 0 Å². The van der Waals surface area contributed by atoms with Crippen molar-refractivity contribution in [3.05, 3.63) is 17.0 Å². The number of fused-ring (bicyclic) bond motifs is 5. The summed E-state index contributed by atoms with van der Waals surface area (Å²) < 4.78 is 7.07. The molecule has 1 saturated carbocycles. The maximum Gasteiger partial charge on any atom is 0.170 e. The lowest BCUT2D eigenvalue weighted by Crippen LogP contribution is -2.11. The van der Waals surface area contributed by atoms with Crippen LogP contribution in [-0.4, -0.2) is 29.8 Å². The maximum atomic E-state index is 11.0. The average molecular weight is 220 g/mol. The highest BCUT2D eigenvalue weighted by molar-refractivity contribution is 5.76. The predicted octanol–water partition coefficient (Wildman–Crippen LogP) is 1.71. The zero-order chi connectivity index (χ0) is 11.1. The van der Waals surface area contributed by atoms with Crippen molar-refractivity contribution in [2.24, 2.45) is 0 Å². The Bertz CT molecular complexity index is 425. The zero-order valence-corrected chi connectivity index (χ0v) is 9.48. The molecule has 0 saturated heterocycles. The van der Waals surface area contributed by atoms with Crippen LogP contribution in [0.1, 0.15) is 52.8 Å². The highest BCUT2D eigenvalue weighted by Gasteiger charge is 2.42. The molecule has 0 radical (unpaired) electrons. The fraction of sp³-hybridized carbons (Fsp3) is 0.667. The van der Waals surface area contributed by atoms with E-state index in [1.165, 1.54) is 30.5 Å². The van der Waals surface area contributed by atoms with Gasteiger partial charge in [0.15, 0.2) is 6.29 Å². The molecule has 0 amide bonds. The maximum absolute atomic E-state index is 11.0. The number of ether oxygens (including phenoxy) is 1. The molecule has 2 aliphatic rings. The molecule has 2 aliphatic carbocycles. The van der Waals surface area contributed by atoms with Gasteiger partial charge in [0.05, 0.1) is 13.2 Å². The van der Waals surface area contributed by atoms with Crippen molar-refractivity contribution in [1.82, 2.24) is 9.78 Å². The van der Waals surface area contributed by atoms with Crippen LogP contribution >= 0.6 is 0 Å². The lowest BCUT2D eigenvalue weighted by Gasteiger charge is -2.13. The highest BCUT2D eigenvalue weighted by Crippen LogP contribution is 2.53. The Kier molecular flexibility index (Phi) is 2.32. The monoisotopic (exact) mass is 220 g/mol. The Morgan fingerprint density at radius 3 is 3.06 bits per heavy atom. The van der Waals surface area contributed by atoms with Crippen molar-refractivity contribution in [1.29, 1.82) is 0 Å². The minimum atomic E-state index is 0.594. The molecule has 1 aromatic rings. The van der Waals surface area contributed by atoms with Crippen LogP contribution in [0.15, 0.2) is 0 Å². The molecular weight excluding hydrogens is 204 g/mol. The number of rotatable bonds is 4. The molecule has 4 nitrogen and oxygen atoms in total. The third-order valence-corrected chi connectivity index (χ3v) is 3.90. The van der Waals surface area contributed by atoms with Gasteiger partial charge < -0.3 is 4.74 Å². The van der Waals surface area contributed by atoms with E-state index in [-0.39, 0.29) is 0 Å². The summed E-state index contributed by atoms with van der Waals surface area (Å²) >= 11 is 0. The number of carbonyl (C=O) groups is 1. The fourth-order valence-electron chi connectivity index (χ4n) is 3.28. The summed E-state index contributed by atoms with van der Waals surface area (Å²) in [6, 6.07) is 0. The summed E-state index contributed by atoms with van der Waals surface area (Å²) in [6.45, 7) is 1.42. The minimum Gasteiger partial charge on any atom is -0.383 e. The molecule has 3 rings (SSSR count). The van der Waals surface area contributed by atoms with E-state index in [1.807, 2.05) is 4.68 Å². The Labute approximate surface area is 94.6 Å². The average Bonchev–Trinajstić information content (AvgIpc) is 2.97. The summed E-state index contributed by atoms with van der Waals surface area (Å²) in [6.07, 6.45) is 4.62. The summed E-state index contributed by atoms with van der Waals surface area (Å²) in [5, 5.41) is 4.40. The lowest BCUT2D eigenvalue weighted by atomic mass is 9.96. The molecule has 2 unspecified atom stereocenters. The van der Waals surface area contributed by atoms with Crippen molar-refractivity contribution in [3.8, 4) is 0 Å². The van der Waals surface area contributed by atoms with Gasteiger partial charge >= 0.3 is 0 Å². The van der Waals surface area contributed by atoms with Crippen LogP contribution in [-0.2, 0) is 11.3 Å². The number of aromatic nitrogens is 2. The van der Waals surface area contributed by atoms with Gasteiger partial charge in [-0.3, -0.25) is 9.48 Å². The van der Waals surface area contributed by atoms with Crippen LogP contribution in [0.25, 0.3) is 0 Å². The van der Waals surface area contributed by atoms with E-state index in [0.717, 1.165) is 12.8 Å². The Hall–Kier alpha value is -1.16. The van der Waals surface area contributed by atoms with E-state index in [9.17, 15) is 4.79 Å². The minimum absolute atomic E-state index is 0.594. The van der Waals surface area contributed by atoms with Crippen LogP contribution in [0.3, 0.4) is 0 Å². The summed E-state index contributed by atoms with van der Waals surface area (Å²) in [4.78, 5) is 11.0. The van der Waals surface area contributed by atoms with Gasteiger partial charge in [0, 0.05) is 24.3 Å². The summed E-state index contributed by atoms with van der Waals surface area (Å²) in [5.41, 5.74) is 3.22. The molecule has 2 bridgehead atoms. The molecular formula is C12H16N2O2. The number of nitrogens with zero attached hydrogens (tertiary/aromatic N) is 2. The first kappa shape index (κ1) is 10.0. The van der Waals surface area contributed by atoms with Gasteiger partial charge in [-0.2, -0.15) is 5.10 Å². The largest absolute Gasteiger partial charge is 0.383 e. The Morgan fingerprint density at radius 2 is 2.31 bits per heavy atom. The van der Waals surface area contributed by atoms with E-state index >= 15 is 0 Å². The SMILES string of the molecule is COCCn1nc(C=O)c2c1C1CCC2C1. The second-order valence-corrected chi connectivity index (χ2v) is 4.72. The topological polar surface area (TPSA) is 44.1 Å². The predicted molar refractivity (Wildman–Crippen MR) is 58.8 cm³/mol. The van der Waals surface area contributed by atoms with Crippen molar-refractivity contribution in [2.75, 3.05) is 13.7 Å². The van der Waals surface area contributed by atoms with Gasteiger partial charge in [-0.05, 0) is 25.2 Å². The van der Waals surface area contributed by atoms with Crippen molar-refractivity contribution >= 4 is 6.29 Å². The molecule has 2 atom stereocenters. The molecule has 1 aromatic heterocycles. The number of hydrogen-bond donors (Lipinski definition) is 0. The van der Waals surface area contributed by atoms with E-state index in [4.69, 9.17) is 4.74 Å². The van der Waals surface area contributed by atoms with Crippen molar-refractivity contribution in [3.63, 3.8) is 0 Å². The molecule has 4 heteroatoms. The first-order valence-electron chi connectivity index (χ1n) is 5.90. The third-order valence-electron chi connectivity index (χ3n) is 3.90. The zero-order valence-electron chi connectivity index (χ0n) is 9.48. The van der Waals surface area contributed by atoms with Gasteiger partial charge in [0.25, 0.3) is 0 Å². The number of hydrogen-bond acceptors (Lipinski definition) is 3. The normalized spacial score (nSPS) is 26.1. The number of methoxy groups -OCH3 is 1. The summed E-state index contributed by atoms with van der Waals surface area (Å²) in [7, 11) is 1.69. The molecule has 0 N–H and O–H groups in total. The lowest BCUT2D eigenvalue weighted by molar-refractivity contribution is 0.111. The standard InChI is InChI=1S/C12H16N2O2/c1-16-5-4-14-12-9-3-2-8(6-9)11(12)10(7-15)13-14/h7-9H,2-6H2,1H3. The van der Waals surface area contributed by atoms with E-state index in [2.05, 4.69) is 5.10 Å². The third kappa shape index (κ3) is 1.26. The Balaban J connectivity index is 2.01. The van der Waals surface area contributed by atoms with Crippen LogP contribution in [0.2, 0.25) is 0 Å². The summed E-state index contributed by atoms with van der Waals surface area (Å²) in [5.74, 6) is 1.23.